The maximum Gasteiger partial charge on any atom is 0.0603 e. The summed E-state index contributed by atoms with van der Waals surface area (Å²) in [5, 5.41) is 2.19. The zero-order valence-electron chi connectivity index (χ0n) is 7.78. The molecule has 0 aliphatic carbocycles. The molecule has 12 heavy (non-hydrogen) atoms. The Labute approximate surface area is 92.5 Å². The van der Waals surface area contributed by atoms with Crippen molar-refractivity contribution in [1.82, 2.24) is 0 Å². The van der Waals surface area contributed by atoms with Gasteiger partial charge in [0.2, 0.25) is 0 Å². The van der Waals surface area contributed by atoms with Crippen LogP contribution in [-0.2, 0) is 0 Å². The topological polar surface area (TPSA) is 0 Å². The third-order valence-electron chi connectivity index (χ3n) is 1.17. The molecule has 0 aromatic heterocycles. The van der Waals surface area contributed by atoms with Gasteiger partial charge >= 0.3 is 0 Å². The minimum absolute atomic E-state index is 0.744. The van der Waals surface area contributed by atoms with Gasteiger partial charge in [-0.05, 0) is 24.3 Å². The van der Waals surface area contributed by atoms with Crippen LogP contribution in [0.4, 0.5) is 0 Å². The number of hydrogen-bond acceptors (Lipinski definition) is 4. The van der Waals surface area contributed by atoms with Gasteiger partial charge in [-0.3, -0.25) is 0 Å². The van der Waals surface area contributed by atoms with E-state index in [-0.39, 0.29) is 0 Å². The van der Waals surface area contributed by atoms with E-state index in [4.69, 9.17) is 0 Å². The predicted molar refractivity (Wildman–Crippen MR) is 70.3 cm³/mol. The maximum atomic E-state index is 2.24. The first-order chi connectivity index (χ1) is 5.85. The Hall–Kier alpha value is 1.14. The fraction of sp³-hybridized carbons (Fsp3) is 0.750. The summed E-state index contributed by atoms with van der Waals surface area (Å²) in [5.41, 5.74) is 0. The van der Waals surface area contributed by atoms with E-state index in [1.807, 2.05) is 45.1 Å². The fourth-order valence-corrected chi connectivity index (χ4v) is 4.42. The van der Waals surface area contributed by atoms with Crippen LogP contribution in [0.15, 0.2) is 11.5 Å². The second-order valence-electron chi connectivity index (χ2n) is 2.09. The summed E-state index contributed by atoms with van der Waals surface area (Å²) in [6.07, 6.45) is 7.76. The lowest BCUT2D eigenvalue weighted by Crippen LogP contribution is -1.88. The smallest absolute Gasteiger partial charge is 0.0603 e. The van der Waals surface area contributed by atoms with E-state index in [1.54, 1.807) is 0 Å². The molecule has 72 valence electrons. The Morgan fingerprint density at radius 1 is 1.33 bits per heavy atom. The predicted octanol–water partition coefficient (Wildman–Crippen LogP) is 4.34. The standard InChI is InChI=1S/C8H16S4/c1-4-8(10-3)12-11-7-5-6-9-2/h5,7-8H,4,6H2,1-3H3. The Kier molecular flexibility index (Phi) is 11.2. The van der Waals surface area contributed by atoms with Crippen LogP contribution in [0.2, 0.25) is 0 Å². The van der Waals surface area contributed by atoms with Crippen molar-refractivity contribution >= 4 is 45.1 Å². The van der Waals surface area contributed by atoms with E-state index in [2.05, 4.69) is 30.9 Å². The molecule has 0 aliphatic rings. The molecule has 0 aromatic carbocycles. The van der Waals surface area contributed by atoms with Gasteiger partial charge in [-0.25, -0.2) is 0 Å². The number of rotatable bonds is 7. The van der Waals surface area contributed by atoms with Gasteiger partial charge in [-0.15, -0.1) is 0 Å². The van der Waals surface area contributed by atoms with Gasteiger partial charge < -0.3 is 0 Å². The Bertz CT molecular complexity index is 110. The molecule has 0 radical (unpaired) electrons. The highest BCUT2D eigenvalue weighted by Crippen LogP contribution is 2.35. The fourth-order valence-electron chi connectivity index (χ4n) is 0.543. The van der Waals surface area contributed by atoms with Crippen molar-refractivity contribution in [3.8, 4) is 0 Å². The Balaban J connectivity index is 3.27. The lowest BCUT2D eigenvalue weighted by Gasteiger charge is -2.07. The molecule has 0 rings (SSSR count). The van der Waals surface area contributed by atoms with Crippen molar-refractivity contribution in [2.24, 2.45) is 0 Å². The molecule has 0 nitrogen and oxygen atoms in total. The lowest BCUT2D eigenvalue weighted by atomic mass is 10.6. The van der Waals surface area contributed by atoms with Gasteiger partial charge in [0.25, 0.3) is 0 Å². The molecule has 1 unspecified atom stereocenters. The normalized spacial score (nSPS) is 13.9. The molecule has 0 saturated carbocycles. The van der Waals surface area contributed by atoms with Crippen LogP contribution in [0, 0.1) is 0 Å². The van der Waals surface area contributed by atoms with Crippen LogP contribution in [0.3, 0.4) is 0 Å². The molecular weight excluding hydrogens is 224 g/mol. The van der Waals surface area contributed by atoms with Gasteiger partial charge in [0.15, 0.2) is 0 Å². The van der Waals surface area contributed by atoms with Crippen LogP contribution in [0.25, 0.3) is 0 Å². The van der Waals surface area contributed by atoms with Crippen molar-refractivity contribution in [1.29, 1.82) is 0 Å². The zero-order chi connectivity index (χ0) is 9.23. The molecule has 0 fully saturated rings. The molecule has 0 spiro atoms. The van der Waals surface area contributed by atoms with Crippen LogP contribution >= 0.6 is 45.1 Å². The summed E-state index contributed by atoms with van der Waals surface area (Å²) in [6, 6.07) is 0. The third kappa shape index (κ3) is 7.77. The molecule has 0 saturated heterocycles. The molecule has 0 bridgehead atoms. The van der Waals surface area contributed by atoms with E-state index in [0.717, 1.165) is 10.3 Å². The largest absolute Gasteiger partial charge is 0.161 e. The molecule has 0 aromatic rings. The van der Waals surface area contributed by atoms with Crippen molar-refractivity contribution in [2.75, 3.05) is 18.3 Å². The Morgan fingerprint density at radius 2 is 2.08 bits per heavy atom. The van der Waals surface area contributed by atoms with E-state index >= 15 is 0 Å². The summed E-state index contributed by atoms with van der Waals surface area (Å²) in [7, 11) is 3.81. The van der Waals surface area contributed by atoms with Crippen molar-refractivity contribution in [3.05, 3.63) is 11.5 Å². The quantitative estimate of drug-likeness (QED) is 0.479. The lowest BCUT2D eigenvalue weighted by molar-refractivity contribution is 1.06. The van der Waals surface area contributed by atoms with Gasteiger partial charge in [0, 0.05) is 5.75 Å². The van der Waals surface area contributed by atoms with E-state index in [1.165, 1.54) is 6.42 Å². The summed E-state index contributed by atoms with van der Waals surface area (Å²) in [6.45, 7) is 2.24. The van der Waals surface area contributed by atoms with Gasteiger partial charge in [-0.1, -0.05) is 34.6 Å². The van der Waals surface area contributed by atoms with Crippen molar-refractivity contribution in [3.63, 3.8) is 0 Å². The summed E-state index contributed by atoms with van der Waals surface area (Å²) >= 11 is 3.79. The van der Waals surface area contributed by atoms with Gasteiger partial charge in [0.05, 0.1) is 4.58 Å². The summed E-state index contributed by atoms with van der Waals surface area (Å²) in [5.74, 6) is 1.13. The first-order valence-corrected chi connectivity index (χ1v) is 8.79. The highest BCUT2D eigenvalue weighted by atomic mass is 33.1. The van der Waals surface area contributed by atoms with Crippen molar-refractivity contribution in [2.45, 2.75) is 17.9 Å². The van der Waals surface area contributed by atoms with E-state index in [0.29, 0.717) is 0 Å². The highest BCUT2D eigenvalue weighted by molar-refractivity contribution is 8.79. The molecule has 1 atom stereocenters. The second kappa shape index (κ2) is 10.2. The number of thioether (sulfide) groups is 2. The number of hydrogen-bond donors (Lipinski definition) is 0. The minimum atomic E-state index is 0.744. The van der Waals surface area contributed by atoms with Crippen LogP contribution in [0.5, 0.6) is 0 Å². The second-order valence-corrected chi connectivity index (χ2v) is 6.72. The van der Waals surface area contributed by atoms with E-state index in [9.17, 15) is 0 Å². The SMILES string of the molecule is CCC(SC)SSC=CCSC. The van der Waals surface area contributed by atoms with Crippen molar-refractivity contribution < 1.29 is 0 Å². The molecular formula is C8H16S4. The summed E-state index contributed by atoms with van der Waals surface area (Å²) < 4.78 is 0.744. The summed E-state index contributed by atoms with van der Waals surface area (Å²) in [4.78, 5) is 0. The molecule has 0 aliphatic heterocycles. The maximum absolute atomic E-state index is 2.24. The average Bonchev–Trinajstić information content (AvgIpc) is 2.11. The molecule has 0 N–H and O–H groups in total. The van der Waals surface area contributed by atoms with Crippen LogP contribution < -0.4 is 0 Å². The van der Waals surface area contributed by atoms with E-state index < -0.39 is 0 Å². The highest BCUT2D eigenvalue weighted by Gasteiger charge is 2.02. The third-order valence-corrected chi connectivity index (χ3v) is 6.12. The van der Waals surface area contributed by atoms with Crippen LogP contribution in [0.1, 0.15) is 13.3 Å². The van der Waals surface area contributed by atoms with Gasteiger partial charge in [-0.2, -0.15) is 23.5 Å². The zero-order valence-corrected chi connectivity index (χ0v) is 11.0. The minimum Gasteiger partial charge on any atom is -0.161 e. The monoisotopic (exact) mass is 240 g/mol. The Morgan fingerprint density at radius 3 is 2.58 bits per heavy atom. The van der Waals surface area contributed by atoms with Crippen LogP contribution in [-0.4, -0.2) is 22.8 Å². The molecule has 0 heterocycles. The molecule has 4 heteroatoms. The first kappa shape index (κ1) is 13.1. The molecule has 0 amide bonds. The average molecular weight is 240 g/mol. The first-order valence-electron chi connectivity index (χ1n) is 3.84. The van der Waals surface area contributed by atoms with Gasteiger partial charge in [0.1, 0.15) is 0 Å².